The van der Waals surface area contributed by atoms with Crippen molar-refractivity contribution in [3.8, 4) is 16.9 Å². The quantitative estimate of drug-likeness (QED) is 0.676. The maximum absolute atomic E-state index is 14.0. The fourth-order valence-corrected chi connectivity index (χ4v) is 3.55. The average Bonchev–Trinajstić information content (AvgIpc) is 2.54. The molecular weight excluding hydrogens is 409 g/mol. The summed E-state index contributed by atoms with van der Waals surface area (Å²) in [6, 6.07) is 5.08. The SMILES string of the molecule is Cc1ccc(S(=O)(=O)ON2CCC2)cc1-c1cc(F)c(OC(F)(F)F)c(F)c1. The van der Waals surface area contributed by atoms with Crippen molar-refractivity contribution in [3.05, 3.63) is 47.5 Å². The summed E-state index contributed by atoms with van der Waals surface area (Å²) in [5.74, 6) is -4.73. The molecule has 11 heteroatoms. The Kier molecular flexibility index (Phi) is 5.34. The summed E-state index contributed by atoms with van der Waals surface area (Å²) >= 11 is 0. The lowest BCUT2D eigenvalue weighted by Crippen LogP contribution is -2.38. The summed E-state index contributed by atoms with van der Waals surface area (Å²) in [7, 11) is -4.16. The number of hydrogen-bond acceptors (Lipinski definition) is 5. The minimum Gasteiger partial charge on any atom is -0.399 e. The van der Waals surface area contributed by atoms with Gasteiger partial charge in [-0.1, -0.05) is 6.07 Å². The number of hydrogen-bond donors (Lipinski definition) is 0. The molecule has 2 aromatic rings. The number of alkyl halides is 3. The van der Waals surface area contributed by atoms with Gasteiger partial charge in [0, 0.05) is 13.1 Å². The lowest BCUT2D eigenvalue weighted by Gasteiger charge is -2.28. The van der Waals surface area contributed by atoms with Crippen LogP contribution in [0.3, 0.4) is 0 Å². The van der Waals surface area contributed by atoms with Crippen LogP contribution in [-0.4, -0.2) is 32.9 Å². The molecule has 0 atom stereocenters. The van der Waals surface area contributed by atoms with Crippen molar-refractivity contribution in [2.24, 2.45) is 0 Å². The Hall–Kier alpha value is -2.24. The Morgan fingerprint density at radius 3 is 2.14 bits per heavy atom. The van der Waals surface area contributed by atoms with Gasteiger partial charge in [0.2, 0.25) is 5.75 Å². The predicted octanol–water partition coefficient (Wildman–Crippen LogP) is 4.16. The molecule has 1 fully saturated rings. The van der Waals surface area contributed by atoms with Gasteiger partial charge in [0.25, 0.3) is 0 Å². The van der Waals surface area contributed by atoms with Crippen LogP contribution in [0.25, 0.3) is 11.1 Å². The molecule has 1 aliphatic rings. The van der Waals surface area contributed by atoms with Crippen LogP contribution in [-0.2, 0) is 14.4 Å². The topological polar surface area (TPSA) is 55.8 Å². The number of nitrogens with zero attached hydrogens (tertiary/aromatic N) is 1. The summed E-state index contributed by atoms with van der Waals surface area (Å²) in [6.07, 6.45) is -4.47. The summed E-state index contributed by atoms with van der Waals surface area (Å²) in [6.45, 7) is 2.46. The van der Waals surface area contributed by atoms with Crippen LogP contribution in [0.1, 0.15) is 12.0 Å². The van der Waals surface area contributed by atoms with Crippen LogP contribution in [0.15, 0.2) is 35.2 Å². The average molecular weight is 423 g/mol. The maximum atomic E-state index is 14.0. The van der Waals surface area contributed by atoms with Crippen molar-refractivity contribution in [2.75, 3.05) is 13.1 Å². The molecule has 1 saturated heterocycles. The van der Waals surface area contributed by atoms with Gasteiger partial charge in [0.15, 0.2) is 11.6 Å². The fourth-order valence-electron chi connectivity index (χ4n) is 2.54. The molecule has 0 saturated carbocycles. The van der Waals surface area contributed by atoms with E-state index in [0.717, 1.165) is 12.5 Å². The monoisotopic (exact) mass is 423 g/mol. The molecular formula is C17H14F5NO4S. The second-order valence-electron chi connectivity index (χ2n) is 6.10. The van der Waals surface area contributed by atoms with Crippen molar-refractivity contribution < 1.29 is 39.4 Å². The van der Waals surface area contributed by atoms with E-state index in [4.69, 9.17) is 4.28 Å². The predicted molar refractivity (Wildman–Crippen MR) is 87.7 cm³/mol. The molecule has 0 spiro atoms. The van der Waals surface area contributed by atoms with Gasteiger partial charge in [-0.3, -0.25) is 0 Å². The van der Waals surface area contributed by atoms with E-state index >= 15 is 0 Å². The molecule has 28 heavy (non-hydrogen) atoms. The van der Waals surface area contributed by atoms with E-state index in [1.54, 1.807) is 6.92 Å². The van der Waals surface area contributed by atoms with E-state index in [2.05, 4.69) is 4.74 Å². The Bertz CT molecular complexity index is 980. The highest BCUT2D eigenvalue weighted by atomic mass is 32.2. The lowest BCUT2D eigenvalue weighted by atomic mass is 10.0. The highest BCUT2D eigenvalue weighted by Crippen LogP contribution is 2.34. The lowest BCUT2D eigenvalue weighted by molar-refractivity contribution is -0.276. The first-order valence-corrected chi connectivity index (χ1v) is 9.42. The van der Waals surface area contributed by atoms with Crippen LogP contribution >= 0.6 is 0 Å². The summed E-state index contributed by atoms with van der Waals surface area (Å²) in [4.78, 5) is -0.253. The van der Waals surface area contributed by atoms with Gasteiger partial charge in [0.1, 0.15) is 0 Å². The Morgan fingerprint density at radius 2 is 1.64 bits per heavy atom. The molecule has 0 N–H and O–H groups in total. The molecule has 0 amide bonds. The minimum absolute atomic E-state index is 0.115. The molecule has 0 radical (unpaired) electrons. The number of benzene rings is 2. The Labute approximate surface area is 157 Å². The van der Waals surface area contributed by atoms with Crippen molar-refractivity contribution >= 4 is 10.1 Å². The van der Waals surface area contributed by atoms with E-state index in [1.165, 1.54) is 17.2 Å². The second kappa shape index (κ2) is 7.30. The zero-order valence-corrected chi connectivity index (χ0v) is 15.2. The van der Waals surface area contributed by atoms with Gasteiger partial charge < -0.3 is 4.74 Å². The van der Waals surface area contributed by atoms with Crippen LogP contribution in [0.2, 0.25) is 0 Å². The first kappa shape index (κ1) is 20.5. The first-order chi connectivity index (χ1) is 13.0. The highest BCUT2D eigenvalue weighted by molar-refractivity contribution is 7.86. The van der Waals surface area contributed by atoms with Gasteiger partial charge in [-0.05, 0) is 54.3 Å². The van der Waals surface area contributed by atoms with E-state index < -0.39 is 33.9 Å². The van der Waals surface area contributed by atoms with Crippen molar-refractivity contribution in [3.63, 3.8) is 0 Å². The summed E-state index contributed by atoms with van der Waals surface area (Å²) in [5.41, 5.74) is 0.416. The maximum Gasteiger partial charge on any atom is 0.573 e. The number of aryl methyl sites for hydroxylation is 1. The molecule has 0 bridgehead atoms. The van der Waals surface area contributed by atoms with Crippen LogP contribution in [0.5, 0.6) is 5.75 Å². The van der Waals surface area contributed by atoms with Crippen molar-refractivity contribution in [1.82, 2.24) is 5.06 Å². The molecule has 0 unspecified atom stereocenters. The van der Waals surface area contributed by atoms with Crippen LogP contribution in [0, 0.1) is 18.6 Å². The van der Waals surface area contributed by atoms with E-state index in [9.17, 15) is 30.4 Å². The van der Waals surface area contributed by atoms with Crippen molar-refractivity contribution in [2.45, 2.75) is 24.6 Å². The largest absolute Gasteiger partial charge is 0.573 e. The fraction of sp³-hybridized carbons (Fsp3) is 0.294. The first-order valence-electron chi connectivity index (χ1n) is 8.02. The second-order valence-corrected chi connectivity index (χ2v) is 7.63. The van der Waals surface area contributed by atoms with E-state index in [-0.39, 0.29) is 16.0 Å². The molecule has 0 aliphatic carbocycles. The standard InChI is InChI=1S/C17H14F5NO4S/c1-10-3-4-12(28(24,25)27-23-5-2-6-23)9-13(10)11-7-14(18)16(15(19)8-11)26-17(20,21)22/h3-4,7-9H,2,5-6H2,1H3. The summed E-state index contributed by atoms with van der Waals surface area (Å²) in [5, 5.41) is 1.25. The van der Waals surface area contributed by atoms with E-state index in [1.807, 2.05) is 0 Å². The number of halogens is 5. The smallest absolute Gasteiger partial charge is 0.399 e. The molecule has 152 valence electrons. The minimum atomic E-state index is -5.26. The molecule has 1 heterocycles. The molecule has 3 rings (SSSR count). The zero-order chi connectivity index (χ0) is 20.7. The van der Waals surface area contributed by atoms with Gasteiger partial charge in [-0.2, -0.15) is 17.8 Å². The molecule has 0 aromatic heterocycles. The number of hydroxylamine groups is 2. The van der Waals surface area contributed by atoms with Gasteiger partial charge in [-0.15, -0.1) is 13.2 Å². The van der Waals surface area contributed by atoms with Gasteiger partial charge >= 0.3 is 16.5 Å². The third-order valence-electron chi connectivity index (χ3n) is 4.04. The van der Waals surface area contributed by atoms with Crippen LogP contribution < -0.4 is 4.74 Å². The molecule has 2 aromatic carbocycles. The number of ether oxygens (including phenoxy) is 1. The van der Waals surface area contributed by atoms with Gasteiger partial charge in [0.05, 0.1) is 4.90 Å². The van der Waals surface area contributed by atoms with Gasteiger partial charge in [-0.25, -0.2) is 8.78 Å². The van der Waals surface area contributed by atoms with E-state index in [0.29, 0.717) is 30.8 Å². The normalized spacial score (nSPS) is 15.4. The number of rotatable bonds is 5. The van der Waals surface area contributed by atoms with Crippen molar-refractivity contribution in [1.29, 1.82) is 0 Å². The highest BCUT2D eigenvalue weighted by Gasteiger charge is 2.34. The van der Waals surface area contributed by atoms with Crippen LogP contribution in [0.4, 0.5) is 22.0 Å². The third kappa shape index (κ3) is 4.42. The summed E-state index contributed by atoms with van der Waals surface area (Å²) < 4.78 is 97.7. The molecule has 1 aliphatic heterocycles. The Morgan fingerprint density at radius 1 is 1.04 bits per heavy atom. The molecule has 5 nitrogen and oxygen atoms in total. The third-order valence-corrected chi connectivity index (χ3v) is 5.28. The Balaban J connectivity index is 1.99. The zero-order valence-electron chi connectivity index (χ0n) is 14.4.